The van der Waals surface area contributed by atoms with Gasteiger partial charge in [-0.15, -0.1) is 0 Å². The first-order valence-electron chi connectivity index (χ1n) is 4.59. The molecule has 2 nitrogen and oxygen atoms in total. The minimum Gasteiger partial charge on any atom is -0.463 e. The maximum Gasteiger partial charge on any atom is 0.166 e. The summed E-state index contributed by atoms with van der Waals surface area (Å²) in [7, 11) is 0. The van der Waals surface area contributed by atoms with Gasteiger partial charge in [0.05, 0.1) is 6.57 Å². The molecule has 1 heterocycles. The Kier molecular flexibility index (Phi) is 2.81. The van der Waals surface area contributed by atoms with Crippen molar-refractivity contribution in [3.63, 3.8) is 0 Å². The van der Waals surface area contributed by atoms with Gasteiger partial charge in [-0.1, -0.05) is 20.8 Å². The molecule has 0 saturated carbocycles. The Bertz CT molecular complexity index is 385. The van der Waals surface area contributed by atoms with Crippen LogP contribution < -0.4 is 0 Å². The molecule has 1 rings (SSSR count). The van der Waals surface area contributed by atoms with E-state index in [-0.39, 0.29) is 5.41 Å². The van der Waals surface area contributed by atoms with Crippen molar-refractivity contribution in [2.75, 3.05) is 0 Å². The van der Waals surface area contributed by atoms with Crippen LogP contribution in [-0.2, 0) is 5.41 Å². The molecule has 14 heavy (non-hydrogen) atoms. The number of hydrogen-bond donors (Lipinski definition) is 0. The molecule has 0 aliphatic carbocycles. The second kappa shape index (κ2) is 3.71. The molecule has 0 spiro atoms. The minimum absolute atomic E-state index is 0.0259. The Morgan fingerprint density at radius 1 is 1.43 bits per heavy atom. The normalized spacial score (nSPS) is 12.6. The lowest BCUT2D eigenvalue weighted by molar-refractivity contribution is 0.405. The van der Waals surface area contributed by atoms with Crippen molar-refractivity contribution >= 4 is 6.08 Å². The third-order valence-corrected chi connectivity index (χ3v) is 1.89. The summed E-state index contributed by atoms with van der Waals surface area (Å²) in [4.78, 5) is 3.31. The summed E-state index contributed by atoms with van der Waals surface area (Å²) in [6, 6.07) is 3.86. The van der Waals surface area contributed by atoms with Crippen molar-refractivity contribution in [3.8, 4) is 0 Å². The van der Waals surface area contributed by atoms with Crippen molar-refractivity contribution in [2.45, 2.75) is 33.1 Å². The second-order valence-electron chi connectivity index (χ2n) is 4.35. The van der Waals surface area contributed by atoms with Gasteiger partial charge in [0, 0.05) is 5.41 Å². The van der Waals surface area contributed by atoms with Crippen LogP contribution in [0, 0.1) is 6.57 Å². The van der Waals surface area contributed by atoms with E-state index in [2.05, 4.69) is 25.6 Å². The van der Waals surface area contributed by atoms with E-state index in [0.29, 0.717) is 5.70 Å². The molecule has 0 aliphatic rings. The molecular weight excluding hydrogens is 174 g/mol. The van der Waals surface area contributed by atoms with Gasteiger partial charge in [-0.2, -0.15) is 0 Å². The molecule has 0 bridgehead atoms. The van der Waals surface area contributed by atoms with Crippen LogP contribution in [0.2, 0.25) is 0 Å². The SMILES string of the molecule is [C-]#[N+]/C(C)=C\c1ccc(C(C)(C)C)o1. The number of hydrogen-bond acceptors (Lipinski definition) is 1. The molecule has 0 aliphatic heterocycles. The first-order valence-corrected chi connectivity index (χ1v) is 4.59. The van der Waals surface area contributed by atoms with Gasteiger partial charge < -0.3 is 4.42 Å². The van der Waals surface area contributed by atoms with Gasteiger partial charge in [-0.3, -0.25) is 0 Å². The maximum atomic E-state index is 6.80. The van der Waals surface area contributed by atoms with Gasteiger partial charge in [0.2, 0.25) is 0 Å². The summed E-state index contributed by atoms with van der Waals surface area (Å²) in [5, 5.41) is 0. The van der Waals surface area contributed by atoms with Crippen LogP contribution in [0.25, 0.3) is 10.9 Å². The maximum absolute atomic E-state index is 6.80. The molecule has 0 aromatic carbocycles. The molecule has 0 fully saturated rings. The summed E-state index contributed by atoms with van der Waals surface area (Å²) >= 11 is 0. The van der Waals surface area contributed by atoms with E-state index in [1.807, 2.05) is 12.1 Å². The van der Waals surface area contributed by atoms with E-state index in [0.717, 1.165) is 11.5 Å². The van der Waals surface area contributed by atoms with Crippen molar-refractivity contribution in [1.29, 1.82) is 0 Å². The van der Waals surface area contributed by atoms with E-state index < -0.39 is 0 Å². The molecule has 0 radical (unpaired) electrons. The lowest BCUT2D eigenvalue weighted by Crippen LogP contribution is -2.08. The largest absolute Gasteiger partial charge is 0.463 e. The van der Waals surface area contributed by atoms with E-state index >= 15 is 0 Å². The van der Waals surface area contributed by atoms with E-state index in [1.165, 1.54) is 0 Å². The third kappa shape index (κ3) is 2.50. The highest BCUT2D eigenvalue weighted by Crippen LogP contribution is 2.25. The third-order valence-electron chi connectivity index (χ3n) is 1.89. The molecule has 1 aromatic heterocycles. The van der Waals surface area contributed by atoms with E-state index in [9.17, 15) is 0 Å². The second-order valence-corrected chi connectivity index (χ2v) is 4.35. The highest BCUT2D eigenvalue weighted by molar-refractivity contribution is 5.49. The zero-order valence-corrected chi connectivity index (χ0v) is 9.09. The van der Waals surface area contributed by atoms with E-state index in [1.54, 1.807) is 13.0 Å². The first kappa shape index (κ1) is 10.6. The average Bonchev–Trinajstić information content (AvgIpc) is 2.51. The summed E-state index contributed by atoms with van der Waals surface area (Å²) in [6.07, 6.45) is 1.75. The zero-order valence-electron chi connectivity index (χ0n) is 9.09. The fraction of sp³-hybridized carbons (Fsp3) is 0.417. The molecule has 74 valence electrons. The van der Waals surface area contributed by atoms with Crippen LogP contribution in [-0.4, -0.2) is 0 Å². The molecule has 0 N–H and O–H groups in total. The minimum atomic E-state index is 0.0259. The van der Waals surface area contributed by atoms with Crippen molar-refractivity contribution in [1.82, 2.24) is 0 Å². The Hall–Kier alpha value is -1.49. The van der Waals surface area contributed by atoms with Crippen molar-refractivity contribution in [3.05, 3.63) is 40.8 Å². The molecular formula is C12H15NO. The number of furan rings is 1. The Balaban J connectivity index is 2.96. The monoisotopic (exact) mass is 189 g/mol. The topological polar surface area (TPSA) is 17.5 Å². The van der Waals surface area contributed by atoms with Gasteiger partial charge in [0.1, 0.15) is 11.5 Å². The number of allylic oxidation sites excluding steroid dienone is 1. The summed E-state index contributed by atoms with van der Waals surface area (Å²) in [5.41, 5.74) is 0.665. The van der Waals surface area contributed by atoms with Gasteiger partial charge in [-0.25, -0.2) is 4.85 Å². The first-order chi connectivity index (χ1) is 6.43. The molecule has 2 heteroatoms. The molecule has 0 atom stereocenters. The Labute approximate surface area is 85.1 Å². The van der Waals surface area contributed by atoms with Crippen LogP contribution in [0.1, 0.15) is 39.2 Å². The van der Waals surface area contributed by atoms with Crippen LogP contribution in [0.15, 0.2) is 22.2 Å². The zero-order chi connectivity index (χ0) is 10.8. The quantitative estimate of drug-likeness (QED) is 0.613. The van der Waals surface area contributed by atoms with Crippen molar-refractivity contribution in [2.24, 2.45) is 0 Å². The number of rotatable bonds is 1. The smallest absolute Gasteiger partial charge is 0.166 e. The van der Waals surface area contributed by atoms with Crippen LogP contribution in [0.4, 0.5) is 0 Å². The van der Waals surface area contributed by atoms with Gasteiger partial charge in [0.15, 0.2) is 5.70 Å². The summed E-state index contributed by atoms with van der Waals surface area (Å²) in [6.45, 7) is 14.9. The molecule has 1 aromatic rings. The highest BCUT2D eigenvalue weighted by atomic mass is 16.3. The number of nitrogens with zero attached hydrogens (tertiary/aromatic N) is 1. The van der Waals surface area contributed by atoms with Crippen molar-refractivity contribution < 1.29 is 4.42 Å². The standard InChI is InChI=1S/C12H15NO/c1-9(13-5)8-10-6-7-11(14-10)12(2,3)4/h6-8H,1-4H3/b9-8-. The predicted octanol–water partition coefficient (Wildman–Crippen LogP) is 3.86. The van der Waals surface area contributed by atoms with Gasteiger partial charge >= 0.3 is 0 Å². The van der Waals surface area contributed by atoms with E-state index in [4.69, 9.17) is 11.0 Å². The highest BCUT2D eigenvalue weighted by Gasteiger charge is 2.17. The van der Waals surface area contributed by atoms with Crippen LogP contribution in [0.5, 0.6) is 0 Å². The lowest BCUT2D eigenvalue weighted by Gasteiger charge is -2.13. The fourth-order valence-electron chi connectivity index (χ4n) is 1.07. The Morgan fingerprint density at radius 3 is 2.50 bits per heavy atom. The average molecular weight is 189 g/mol. The Morgan fingerprint density at radius 2 is 2.07 bits per heavy atom. The molecule has 0 unspecified atom stereocenters. The van der Waals surface area contributed by atoms with Gasteiger partial charge in [-0.05, 0) is 25.1 Å². The predicted molar refractivity (Wildman–Crippen MR) is 57.7 cm³/mol. The summed E-state index contributed by atoms with van der Waals surface area (Å²) in [5.74, 6) is 1.70. The van der Waals surface area contributed by atoms with Crippen LogP contribution >= 0.6 is 0 Å². The van der Waals surface area contributed by atoms with Crippen LogP contribution in [0.3, 0.4) is 0 Å². The molecule has 0 amide bonds. The molecule has 0 saturated heterocycles. The van der Waals surface area contributed by atoms with Gasteiger partial charge in [0.25, 0.3) is 0 Å². The fourth-order valence-corrected chi connectivity index (χ4v) is 1.07. The summed E-state index contributed by atoms with van der Waals surface area (Å²) < 4.78 is 5.60. The lowest BCUT2D eigenvalue weighted by atomic mass is 9.94.